The molecule has 0 aromatic rings. The van der Waals surface area contributed by atoms with E-state index in [1.807, 2.05) is 0 Å². The number of nitrogens with one attached hydrogen (secondary N) is 1. The van der Waals surface area contributed by atoms with Gasteiger partial charge in [0.25, 0.3) is 9.70 Å². The molecule has 0 saturated carbocycles. The molecule has 0 saturated heterocycles. The molecule has 84 valence electrons. The molecule has 14 heavy (non-hydrogen) atoms. The Labute approximate surface area is 104 Å². The zero-order valence-corrected chi connectivity index (χ0v) is 10.7. The molecule has 1 amide bonds. The number of alkyl halides is 4. The molecule has 0 unspecified atom stereocenters. The van der Waals surface area contributed by atoms with Gasteiger partial charge in [-0.05, 0) is 12.8 Å². The number of carbonyl (C=O) groups is 1. The summed E-state index contributed by atoms with van der Waals surface area (Å²) < 4.78 is -1.85. The Morgan fingerprint density at radius 2 is 1.64 bits per heavy atom. The molecule has 0 atom stereocenters. The molecular formula is C8H13Cl4NO. The maximum Gasteiger partial charge on any atom is 0.272 e. The van der Waals surface area contributed by atoms with Gasteiger partial charge >= 0.3 is 0 Å². The fourth-order valence-corrected chi connectivity index (χ4v) is 1.26. The Kier molecular flexibility index (Phi) is 8.22. The van der Waals surface area contributed by atoms with Crippen molar-refractivity contribution in [2.24, 2.45) is 0 Å². The lowest BCUT2D eigenvalue weighted by molar-refractivity contribution is -0.120. The van der Waals surface area contributed by atoms with Crippen LogP contribution >= 0.6 is 46.4 Å². The molecule has 0 aliphatic heterocycles. The molecule has 0 fully saturated rings. The first-order valence-corrected chi connectivity index (χ1v) is 6.06. The molecule has 0 aliphatic rings. The highest BCUT2D eigenvalue weighted by molar-refractivity contribution is 6.76. The summed E-state index contributed by atoms with van der Waals surface area (Å²) in [5, 5.41) is 2.53. The van der Waals surface area contributed by atoms with Gasteiger partial charge < -0.3 is 5.32 Å². The van der Waals surface area contributed by atoms with Gasteiger partial charge in [-0.25, -0.2) is 0 Å². The molecule has 2 nitrogen and oxygen atoms in total. The third kappa shape index (κ3) is 7.98. The topological polar surface area (TPSA) is 29.1 Å². The second-order valence-electron chi connectivity index (χ2n) is 2.86. The zero-order chi connectivity index (χ0) is 11.0. The zero-order valence-electron chi connectivity index (χ0n) is 7.66. The lowest BCUT2D eigenvalue weighted by Gasteiger charge is -2.10. The van der Waals surface area contributed by atoms with E-state index in [1.54, 1.807) is 0 Å². The maximum atomic E-state index is 11.0. The summed E-state index contributed by atoms with van der Waals surface area (Å²) in [7, 11) is 0. The maximum absolute atomic E-state index is 11.0. The van der Waals surface area contributed by atoms with Crippen LogP contribution in [-0.2, 0) is 4.79 Å². The fourth-order valence-electron chi connectivity index (χ4n) is 0.875. The molecule has 0 spiro atoms. The average molecular weight is 281 g/mol. The van der Waals surface area contributed by atoms with Crippen LogP contribution < -0.4 is 5.32 Å². The van der Waals surface area contributed by atoms with Gasteiger partial charge in [-0.15, -0.1) is 11.6 Å². The number of hydrogen-bond acceptors (Lipinski definition) is 1. The van der Waals surface area contributed by atoms with Gasteiger partial charge in [-0.1, -0.05) is 47.6 Å². The van der Waals surface area contributed by atoms with Gasteiger partial charge in [0.2, 0.25) is 0 Å². The first kappa shape index (κ1) is 14.6. The highest BCUT2D eigenvalue weighted by atomic mass is 35.6. The second-order valence-corrected chi connectivity index (χ2v) is 5.52. The number of carbonyl (C=O) groups excluding carboxylic acids is 1. The molecule has 0 aliphatic carbocycles. The van der Waals surface area contributed by atoms with E-state index in [0.29, 0.717) is 12.4 Å². The minimum Gasteiger partial charge on any atom is -0.352 e. The third-order valence-electron chi connectivity index (χ3n) is 1.60. The van der Waals surface area contributed by atoms with E-state index in [-0.39, 0.29) is 0 Å². The van der Waals surface area contributed by atoms with E-state index in [4.69, 9.17) is 46.4 Å². The summed E-state index contributed by atoms with van der Waals surface area (Å²) in [5.74, 6) is 0.111. The summed E-state index contributed by atoms with van der Waals surface area (Å²) in [6.45, 7) is 0.537. The van der Waals surface area contributed by atoms with Crippen molar-refractivity contribution in [3.63, 3.8) is 0 Å². The average Bonchev–Trinajstić information content (AvgIpc) is 2.09. The summed E-state index contributed by atoms with van der Waals surface area (Å²) in [6.07, 6.45) is 3.96. The van der Waals surface area contributed by atoms with Crippen LogP contribution in [0, 0.1) is 0 Å². The number of hydrogen-bond donors (Lipinski definition) is 1. The Bertz CT molecular complexity index is 169. The summed E-state index contributed by atoms with van der Waals surface area (Å²) in [6, 6.07) is 0. The van der Waals surface area contributed by atoms with E-state index < -0.39 is 9.70 Å². The lowest BCUT2D eigenvalue weighted by Crippen LogP contribution is -2.35. The van der Waals surface area contributed by atoms with Crippen molar-refractivity contribution in [3.05, 3.63) is 0 Å². The Balaban J connectivity index is 3.33. The molecule has 0 heterocycles. The van der Waals surface area contributed by atoms with Gasteiger partial charge in [-0.3, -0.25) is 4.79 Å². The molecule has 0 rings (SSSR count). The number of amides is 1. The van der Waals surface area contributed by atoms with E-state index in [2.05, 4.69) is 5.32 Å². The van der Waals surface area contributed by atoms with Crippen molar-refractivity contribution < 1.29 is 4.79 Å². The van der Waals surface area contributed by atoms with E-state index in [0.717, 1.165) is 25.7 Å². The van der Waals surface area contributed by atoms with Crippen LogP contribution in [0.5, 0.6) is 0 Å². The molecule has 6 heteroatoms. The van der Waals surface area contributed by atoms with E-state index in [1.165, 1.54) is 0 Å². The normalized spacial score (nSPS) is 11.4. The first-order chi connectivity index (χ1) is 6.48. The van der Waals surface area contributed by atoms with Crippen molar-refractivity contribution in [1.82, 2.24) is 5.32 Å². The quantitative estimate of drug-likeness (QED) is 0.587. The van der Waals surface area contributed by atoms with Crippen molar-refractivity contribution >= 4 is 52.3 Å². The standard InChI is InChI=1S/C8H13Cl4NO/c9-5-3-1-2-4-6-13-7(14)8(10,11)12/h1-6H2,(H,13,14). The van der Waals surface area contributed by atoms with Crippen LogP contribution in [-0.4, -0.2) is 22.1 Å². The largest absolute Gasteiger partial charge is 0.352 e. The molecule has 0 aromatic heterocycles. The van der Waals surface area contributed by atoms with Gasteiger partial charge in [0.05, 0.1) is 0 Å². The SMILES string of the molecule is O=C(NCCCCCCCl)C(Cl)(Cl)Cl. The van der Waals surface area contributed by atoms with Crippen molar-refractivity contribution in [3.8, 4) is 0 Å². The summed E-state index contributed by atoms with van der Waals surface area (Å²) >= 11 is 21.5. The monoisotopic (exact) mass is 279 g/mol. The van der Waals surface area contributed by atoms with Crippen LogP contribution in [0.15, 0.2) is 0 Å². The Morgan fingerprint density at radius 1 is 1.07 bits per heavy atom. The van der Waals surface area contributed by atoms with Crippen molar-refractivity contribution in [1.29, 1.82) is 0 Å². The van der Waals surface area contributed by atoms with Crippen LogP contribution in [0.3, 0.4) is 0 Å². The van der Waals surface area contributed by atoms with Crippen LogP contribution in [0.4, 0.5) is 0 Å². The van der Waals surface area contributed by atoms with Crippen LogP contribution in [0.2, 0.25) is 0 Å². The van der Waals surface area contributed by atoms with Crippen LogP contribution in [0.25, 0.3) is 0 Å². The molecule has 1 N–H and O–H groups in total. The number of unbranched alkanes of at least 4 members (excludes halogenated alkanes) is 3. The lowest BCUT2D eigenvalue weighted by atomic mass is 10.2. The highest BCUT2D eigenvalue weighted by Crippen LogP contribution is 2.25. The Morgan fingerprint density at radius 3 is 2.14 bits per heavy atom. The highest BCUT2D eigenvalue weighted by Gasteiger charge is 2.29. The molecule has 0 bridgehead atoms. The second kappa shape index (κ2) is 7.86. The van der Waals surface area contributed by atoms with Crippen molar-refractivity contribution in [2.45, 2.75) is 29.5 Å². The number of rotatable bonds is 6. The fraction of sp³-hybridized carbons (Fsp3) is 0.875. The molecular weight excluding hydrogens is 268 g/mol. The molecule has 0 radical (unpaired) electrons. The predicted octanol–water partition coefficient (Wildman–Crippen LogP) is 3.27. The molecule has 0 aromatic carbocycles. The van der Waals surface area contributed by atoms with E-state index in [9.17, 15) is 4.79 Å². The van der Waals surface area contributed by atoms with Gasteiger partial charge in [0, 0.05) is 12.4 Å². The predicted molar refractivity (Wildman–Crippen MR) is 62.5 cm³/mol. The number of halogens is 4. The first-order valence-electron chi connectivity index (χ1n) is 4.39. The van der Waals surface area contributed by atoms with Crippen molar-refractivity contribution in [2.75, 3.05) is 12.4 Å². The smallest absolute Gasteiger partial charge is 0.272 e. The Hall–Kier alpha value is 0.630. The minimum absolute atomic E-state index is 0.537. The minimum atomic E-state index is -1.85. The van der Waals surface area contributed by atoms with E-state index >= 15 is 0 Å². The van der Waals surface area contributed by atoms with Gasteiger partial charge in [0.1, 0.15) is 0 Å². The summed E-state index contributed by atoms with van der Waals surface area (Å²) in [5.41, 5.74) is 0. The third-order valence-corrected chi connectivity index (χ3v) is 2.39. The van der Waals surface area contributed by atoms with Gasteiger partial charge in [0.15, 0.2) is 0 Å². The van der Waals surface area contributed by atoms with Crippen LogP contribution in [0.1, 0.15) is 25.7 Å². The van der Waals surface area contributed by atoms with Gasteiger partial charge in [-0.2, -0.15) is 0 Å². The summed E-state index contributed by atoms with van der Waals surface area (Å²) in [4.78, 5) is 11.0.